The van der Waals surface area contributed by atoms with E-state index in [2.05, 4.69) is 45.6 Å². The number of hydrogen-bond donors (Lipinski definition) is 2. The minimum Gasteiger partial charge on any atom is -0.393 e. The molecule has 2 N–H and O–H groups in total. The topological polar surface area (TPSA) is 87.2 Å². The summed E-state index contributed by atoms with van der Waals surface area (Å²) >= 11 is 0. The summed E-state index contributed by atoms with van der Waals surface area (Å²) in [6.07, 6.45) is 6.31. The lowest BCUT2D eigenvalue weighted by Gasteiger charge is -2.50. The van der Waals surface area contributed by atoms with Crippen LogP contribution in [-0.2, 0) is 4.74 Å². The van der Waals surface area contributed by atoms with E-state index in [1.54, 1.807) is 12.7 Å². The van der Waals surface area contributed by atoms with Gasteiger partial charge in [-0.2, -0.15) is 0 Å². The Morgan fingerprint density at radius 1 is 1.24 bits per heavy atom. The number of aliphatic hydroxyl groups excluding tert-OH is 1. The van der Waals surface area contributed by atoms with Crippen LogP contribution in [0.5, 0.6) is 0 Å². The summed E-state index contributed by atoms with van der Waals surface area (Å²) in [6, 6.07) is 0. The zero-order valence-electron chi connectivity index (χ0n) is 15.2. The Morgan fingerprint density at radius 3 is 2.72 bits per heavy atom. The van der Waals surface area contributed by atoms with Crippen molar-refractivity contribution >= 4 is 17.0 Å². The molecular formula is C18H27N5O2. The molecule has 7 heteroatoms. The number of rotatable bonds is 1. The van der Waals surface area contributed by atoms with Gasteiger partial charge in [0.1, 0.15) is 11.8 Å². The van der Waals surface area contributed by atoms with Crippen molar-refractivity contribution in [1.82, 2.24) is 19.9 Å². The zero-order chi connectivity index (χ0) is 17.7. The minimum absolute atomic E-state index is 0.0419. The van der Waals surface area contributed by atoms with E-state index >= 15 is 0 Å². The lowest BCUT2D eigenvalue weighted by atomic mass is 9.76. The number of imidazole rings is 1. The molecule has 2 aliphatic heterocycles. The Morgan fingerprint density at radius 2 is 2.00 bits per heavy atom. The number of aliphatic hydroxyl groups is 1. The van der Waals surface area contributed by atoms with E-state index in [9.17, 15) is 5.11 Å². The summed E-state index contributed by atoms with van der Waals surface area (Å²) in [6.45, 7) is 8.28. The molecule has 0 unspecified atom stereocenters. The summed E-state index contributed by atoms with van der Waals surface area (Å²) in [5, 5.41) is 10.4. The summed E-state index contributed by atoms with van der Waals surface area (Å²) in [7, 11) is 0. The van der Waals surface area contributed by atoms with Crippen LogP contribution in [0.1, 0.15) is 46.5 Å². The van der Waals surface area contributed by atoms with Crippen LogP contribution in [0.3, 0.4) is 0 Å². The molecule has 0 amide bonds. The predicted octanol–water partition coefficient (Wildman–Crippen LogP) is 2.28. The number of piperidine rings is 1. The fraction of sp³-hybridized carbons (Fsp3) is 0.722. The van der Waals surface area contributed by atoms with Crippen molar-refractivity contribution in [3.05, 3.63) is 12.7 Å². The third-order valence-corrected chi connectivity index (χ3v) is 5.63. The first-order valence-corrected chi connectivity index (χ1v) is 9.11. The van der Waals surface area contributed by atoms with E-state index in [-0.39, 0.29) is 23.2 Å². The Labute approximate surface area is 147 Å². The average molecular weight is 345 g/mol. The molecule has 25 heavy (non-hydrogen) atoms. The molecule has 1 spiro atoms. The normalized spacial score (nSPS) is 27.1. The largest absolute Gasteiger partial charge is 0.393 e. The SMILES string of the molecule is CC(C)(C)[C@H]1C[C@@H](O)CC2(CCN(c3ncnc4nc[nH]c34)CC2)O1. The van der Waals surface area contributed by atoms with Crippen LogP contribution in [-0.4, -0.2) is 55.9 Å². The van der Waals surface area contributed by atoms with Gasteiger partial charge in [0, 0.05) is 25.9 Å². The van der Waals surface area contributed by atoms with E-state index in [1.165, 1.54) is 0 Å². The first-order valence-electron chi connectivity index (χ1n) is 9.11. The van der Waals surface area contributed by atoms with E-state index in [4.69, 9.17) is 4.74 Å². The van der Waals surface area contributed by atoms with E-state index in [0.717, 1.165) is 50.1 Å². The molecule has 0 radical (unpaired) electrons. The van der Waals surface area contributed by atoms with E-state index in [0.29, 0.717) is 5.65 Å². The molecule has 2 aromatic heterocycles. The number of nitrogens with one attached hydrogen (secondary N) is 1. The van der Waals surface area contributed by atoms with Crippen molar-refractivity contribution in [2.45, 2.75) is 64.3 Å². The van der Waals surface area contributed by atoms with Crippen molar-refractivity contribution in [3.8, 4) is 0 Å². The van der Waals surface area contributed by atoms with Gasteiger partial charge < -0.3 is 19.7 Å². The van der Waals surface area contributed by atoms with Gasteiger partial charge in [-0.25, -0.2) is 15.0 Å². The molecule has 2 atom stereocenters. The second-order valence-corrected chi connectivity index (χ2v) is 8.53. The third-order valence-electron chi connectivity index (χ3n) is 5.63. The Balaban J connectivity index is 1.52. The minimum atomic E-state index is -0.275. The molecule has 0 bridgehead atoms. The maximum atomic E-state index is 10.4. The number of anilines is 1. The number of H-pyrrole nitrogens is 1. The molecule has 2 aliphatic rings. The second kappa shape index (κ2) is 5.92. The fourth-order valence-corrected chi connectivity index (χ4v) is 4.13. The lowest BCUT2D eigenvalue weighted by Crippen LogP contribution is -2.55. The summed E-state index contributed by atoms with van der Waals surface area (Å²) in [4.78, 5) is 18.3. The summed E-state index contributed by atoms with van der Waals surface area (Å²) in [5.74, 6) is 0.904. The molecule has 7 nitrogen and oxygen atoms in total. The van der Waals surface area contributed by atoms with E-state index < -0.39 is 0 Å². The third kappa shape index (κ3) is 3.11. The maximum Gasteiger partial charge on any atom is 0.182 e. The van der Waals surface area contributed by atoms with Gasteiger partial charge in [-0.3, -0.25) is 0 Å². The van der Waals surface area contributed by atoms with E-state index in [1.807, 2.05) is 0 Å². The number of ether oxygens (including phenoxy) is 1. The number of hydrogen-bond acceptors (Lipinski definition) is 6. The van der Waals surface area contributed by atoms with Crippen molar-refractivity contribution in [2.75, 3.05) is 18.0 Å². The van der Waals surface area contributed by atoms with Crippen LogP contribution in [0.25, 0.3) is 11.2 Å². The van der Waals surface area contributed by atoms with Gasteiger partial charge in [-0.15, -0.1) is 0 Å². The van der Waals surface area contributed by atoms with Gasteiger partial charge in [0.2, 0.25) is 0 Å². The molecule has 4 heterocycles. The van der Waals surface area contributed by atoms with Gasteiger partial charge in [0.25, 0.3) is 0 Å². The van der Waals surface area contributed by atoms with Crippen molar-refractivity contribution in [3.63, 3.8) is 0 Å². The quantitative estimate of drug-likeness (QED) is 0.824. The Kier molecular flexibility index (Phi) is 3.96. The van der Waals surface area contributed by atoms with Gasteiger partial charge in [-0.05, 0) is 18.3 Å². The first kappa shape index (κ1) is 16.7. The van der Waals surface area contributed by atoms with Gasteiger partial charge in [-0.1, -0.05) is 20.8 Å². The number of fused-ring (bicyclic) bond motifs is 1. The van der Waals surface area contributed by atoms with Crippen LogP contribution in [0, 0.1) is 5.41 Å². The second-order valence-electron chi connectivity index (χ2n) is 8.53. The number of aromatic amines is 1. The predicted molar refractivity (Wildman–Crippen MR) is 95.4 cm³/mol. The first-order chi connectivity index (χ1) is 11.9. The highest BCUT2D eigenvalue weighted by Crippen LogP contribution is 2.43. The molecule has 0 aliphatic carbocycles. The van der Waals surface area contributed by atoms with Gasteiger partial charge >= 0.3 is 0 Å². The molecule has 2 fully saturated rings. The number of aromatic nitrogens is 4. The molecular weight excluding hydrogens is 318 g/mol. The molecule has 0 aromatic carbocycles. The monoisotopic (exact) mass is 345 g/mol. The van der Waals surface area contributed by atoms with Crippen molar-refractivity contribution in [1.29, 1.82) is 0 Å². The summed E-state index contributed by atoms with van der Waals surface area (Å²) in [5.41, 5.74) is 1.41. The van der Waals surface area contributed by atoms with Crippen LogP contribution >= 0.6 is 0 Å². The smallest absolute Gasteiger partial charge is 0.182 e. The van der Waals surface area contributed by atoms with Crippen LogP contribution in [0.4, 0.5) is 5.82 Å². The lowest BCUT2D eigenvalue weighted by molar-refractivity contribution is -0.199. The molecule has 2 aromatic rings. The standard InChI is InChI=1S/C18H27N5O2/c1-17(2,3)13-8-12(24)9-18(25-13)4-6-23(7-5-18)16-14-15(20-10-19-14)21-11-22-16/h10-13,24H,4-9H2,1-3H3,(H,19,20,21,22)/t12-,13-/m1/s1. The maximum absolute atomic E-state index is 10.4. The van der Waals surface area contributed by atoms with Gasteiger partial charge in [0.15, 0.2) is 11.5 Å². The van der Waals surface area contributed by atoms with Crippen LogP contribution in [0.2, 0.25) is 0 Å². The van der Waals surface area contributed by atoms with Crippen LogP contribution in [0.15, 0.2) is 12.7 Å². The van der Waals surface area contributed by atoms with Crippen molar-refractivity contribution < 1.29 is 9.84 Å². The average Bonchev–Trinajstić information content (AvgIpc) is 3.03. The highest BCUT2D eigenvalue weighted by Gasteiger charge is 2.46. The van der Waals surface area contributed by atoms with Crippen LogP contribution < -0.4 is 4.90 Å². The highest BCUT2D eigenvalue weighted by molar-refractivity contribution is 5.82. The zero-order valence-corrected chi connectivity index (χ0v) is 15.2. The Hall–Kier alpha value is -1.73. The molecule has 136 valence electrons. The molecule has 0 saturated carbocycles. The molecule has 2 saturated heterocycles. The summed E-state index contributed by atoms with van der Waals surface area (Å²) < 4.78 is 6.57. The van der Waals surface area contributed by atoms with Crippen molar-refractivity contribution in [2.24, 2.45) is 5.41 Å². The molecule has 4 rings (SSSR count). The fourth-order valence-electron chi connectivity index (χ4n) is 4.13. The number of nitrogens with zero attached hydrogens (tertiary/aromatic N) is 4. The highest BCUT2D eigenvalue weighted by atomic mass is 16.5. The van der Waals surface area contributed by atoms with Gasteiger partial charge in [0.05, 0.1) is 24.1 Å². The Bertz CT molecular complexity index is 745.